The van der Waals surface area contributed by atoms with Crippen molar-refractivity contribution >= 4 is 18.6 Å². The second-order valence-electron chi connectivity index (χ2n) is 5.76. The molecule has 1 aromatic carbocycles. The van der Waals surface area contributed by atoms with Crippen molar-refractivity contribution in [2.75, 3.05) is 7.05 Å². The molecule has 0 atom stereocenters. The molecule has 0 spiro atoms. The van der Waals surface area contributed by atoms with Crippen molar-refractivity contribution in [1.29, 1.82) is 5.41 Å². The SMILES string of the molecule is C=C(CCBc1nc(-c2ccccc2)cc(F)c1C(C)=N)NNNC. The second kappa shape index (κ2) is 9.10. The van der Waals surface area contributed by atoms with Crippen LogP contribution in [0.2, 0.25) is 6.32 Å². The Morgan fingerprint density at radius 1 is 1.32 bits per heavy atom. The molecule has 2 rings (SSSR count). The highest BCUT2D eigenvalue weighted by Crippen LogP contribution is 2.18. The second-order valence-corrected chi connectivity index (χ2v) is 5.76. The summed E-state index contributed by atoms with van der Waals surface area (Å²) >= 11 is 0. The van der Waals surface area contributed by atoms with E-state index in [4.69, 9.17) is 5.41 Å². The smallest absolute Gasteiger partial charge is 0.183 e. The van der Waals surface area contributed by atoms with E-state index < -0.39 is 5.82 Å². The van der Waals surface area contributed by atoms with E-state index >= 15 is 0 Å². The van der Waals surface area contributed by atoms with Gasteiger partial charge in [0.2, 0.25) is 0 Å². The summed E-state index contributed by atoms with van der Waals surface area (Å²) in [5, 5.41) is 7.87. The predicted octanol–water partition coefficient (Wildman–Crippen LogP) is 1.89. The van der Waals surface area contributed by atoms with E-state index in [1.54, 1.807) is 14.0 Å². The van der Waals surface area contributed by atoms with Crippen molar-refractivity contribution in [1.82, 2.24) is 21.4 Å². The Bertz CT molecular complexity index is 749. The van der Waals surface area contributed by atoms with Gasteiger partial charge in [-0.05, 0) is 13.3 Å². The lowest BCUT2D eigenvalue weighted by Crippen LogP contribution is -2.40. The predicted molar refractivity (Wildman–Crippen MR) is 103 cm³/mol. The number of rotatable bonds is 9. The average molecular weight is 339 g/mol. The lowest BCUT2D eigenvalue weighted by atomic mass is 9.67. The maximum absolute atomic E-state index is 14.6. The number of nitrogens with one attached hydrogen (secondary N) is 4. The molecule has 1 aromatic heterocycles. The van der Waals surface area contributed by atoms with Gasteiger partial charge >= 0.3 is 0 Å². The van der Waals surface area contributed by atoms with Crippen LogP contribution in [-0.4, -0.2) is 25.0 Å². The summed E-state index contributed by atoms with van der Waals surface area (Å²) in [7, 11) is 2.32. The van der Waals surface area contributed by atoms with Crippen molar-refractivity contribution in [3.8, 4) is 11.3 Å². The molecular formula is C18H23BFN5. The quantitative estimate of drug-likeness (QED) is 0.320. The van der Waals surface area contributed by atoms with Crippen molar-refractivity contribution in [2.45, 2.75) is 19.7 Å². The molecule has 1 heterocycles. The summed E-state index contributed by atoms with van der Waals surface area (Å²) in [5.74, 6) is -0.398. The number of aromatic nitrogens is 1. The molecular weight excluding hydrogens is 316 g/mol. The van der Waals surface area contributed by atoms with Gasteiger partial charge in [-0.2, -0.15) is 5.53 Å². The number of hydrazine groups is 2. The van der Waals surface area contributed by atoms with Gasteiger partial charge in [0.15, 0.2) is 7.28 Å². The summed E-state index contributed by atoms with van der Waals surface area (Å²) in [6, 6.07) is 10.9. The minimum Gasteiger partial charge on any atom is -0.313 e. The number of hydrogen-bond acceptors (Lipinski definition) is 5. The Kier molecular flexibility index (Phi) is 6.86. The number of halogens is 1. The molecule has 0 radical (unpaired) electrons. The van der Waals surface area contributed by atoms with E-state index in [9.17, 15) is 4.39 Å². The molecule has 0 aliphatic heterocycles. The first kappa shape index (κ1) is 18.8. The lowest BCUT2D eigenvalue weighted by molar-refractivity contribution is 0.514. The van der Waals surface area contributed by atoms with Crippen LogP contribution in [0, 0.1) is 11.2 Å². The zero-order valence-corrected chi connectivity index (χ0v) is 14.6. The maximum atomic E-state index is 14.6. The molecule has 0 unspecified atom stereocenters. The van der Waals surface area contributed by atoms with E-state index in [0.717, 1.165) is 17.6 Å². The molecule has 7 heteroatoms. The highest BCUT2D eigenvalue weighted by atomic mass is 19.1. The molecule has 25 heavy (non-hydrogen) atoms. The van der Waals surface area contributed by atoms with Crippen LogP contribution in [0.15, 0.2) is 48.7 Å². The normalized spacial score (nSPS) is 10.4. The first-order chi connectivity index (χ1) is 12.0. The molecule has 0 aliphatic carbocycles. The fourth-order valence-corrected chi connectivity index (χ4v) is 2.58. The standard InChI is InChI=1S/C18H23BFN5/c1-12(24-25-22-3)9-10-19-18-17(13(2)21)15(20)11-16(23-18)14-7-5-4-6-8-14/h4-8,11,19,21-22,24-25H,1,9-10H2,2-3H3. The van der Waals surface area contributed by atoms with Gasteiger partial charge in [-0.1, -0.05) is 43.2 Å². The monoisotopic (exact) mass is 339 g/mol. The third-order valence-electron chi connectivity index (χ3n) is 3.75. The van der Waals surface area contributed by atoms with Crippen LogP contribution < -0.4 is 22.0 Å². The summed E-state index contributed by atoms with van der Waals surface area (Å²) in [4.78, 5) is 4.63. The number of allylic oxidation sites excluding steroid dienone is 1. The highest BCUT2D eigenvalue weighted by Gasteiger charge is 2.16. The van der Waals surface area contributed by atoms with Crippen LogP contribution in [0.1, 0.15) is 18.9 Å². The number of benzene rings is 1. The van der Waals surface area contributed by atoms with Crippen LogP contribution in [0.5, 0.6) is 0 Å². The van der Waals surface area contributed by atoms with Crippen molar-refractivity contribution in [3.05, 3.63) is 60.1 Å². The van der Waals surface area contributed by atoms with Crippen LogP contribution in [0.25, 0.3) is 11.3 Å². The number of hydrogen-bond donors (Lipinski definition) is 4. The molecule has 0 saturated carbocycles. The van der Waals surface area contributed by atoms with E-state index in [1.165, 1.54) is 6.07 Å². The van der Waals surface area contributed by atoms with E-state index in [1.807, 2.05) is 30.3 Å². The van der Waals surface area contributed by atoms with E-state index in [-0.39, 0.29) is 5.71 Å². The molecule has 4 N–H and O–H groups in total. The van der Waals surface area contributed by atoms with Gasteiger partial charge in [0.1, 0.15) is 5.82 Å². The number of nitrogens with zero attached hydrogens (tertiary/aromatic N) is 1. The van der Waals surface area contributed by atoms with Gasteiger partial charge in [0.25, 0.3) is 0 Å². The Hall–Kier alpha value is -2.51. The van der Waals surface area contributed by atoms with E-state index in [0.29, 0.717) is 30.6 Å². The molecule has 2 aromatic rings. The Labute approximate surface area is 148 Å². The molecule has 0 aliphatic rings. The fraction of sp³-hybridized carbons (Fsp3) is 0.222. The van der Waals surface area contributed by atoms with Crippen LogP contribution in [-0.2, 0) is 0 Å². The third-order valence-corrected chi connectivity index (χ3v) is 3.75. The largest absolute Gasteiger partial charge is 0.313 e. The molecule has 0 amide bonds. The van der Waals surface area contributed by atoms with Gasteiger partial charge in [-0.15, -0.1) is 0 Å². The average Bonchev–Trinajstić information content (AvgIpc) is 2.60. The molecule has 0 fully saturated rings. The molecule has 0 saturated heterocycles. The minimum absolute atomic E-state index is 0.188. The first-order valence-corrected chi connectivity index (χ1v) is 8.18. The van der Waals surface area contributed by atoms with Gasteiger partial charge < -0.3 is 10.8 Å². The van der Waals surface area contributed by atoms with Crippen molar-refractivity contribution < 1.29 is 4.39 Å². The summed E-state index contributed by atoms with van der Waals surface area (Å²) < 4.78 is 14.6. The minimum atomic E-state index is -0.398. The third kappa shape index (κ3) is 5.24. The van der Waals surface area contributed by atoms with E-state index in [2.05, 4.69) is 27.9 Å². The maximum Gasteiger partial charge on any atom is 0.183 e. The summed E-state index contributed by atoms with van der Waals surface area (Å²) in [5.41, 5.74) is 11.8. The van der Waals surface area contributed by atoms with Gasteiger partial charge in [0.05, 0.1) is 5.69 Å². The van der Waals surface area contributed by atoms with Crippen molar-refractivity contribution in [3.63, 3.8) is 0 Å². The molecule has 130 valence electrons. The zero-order chi connectivity index (χ0) is 18.2. The topological polar surface area (TPSA) is 72.8 Å². The Morgan fingerprint density at radius 2 is 2.04 bits per heavy atom. The molecule has 5 nitrogen and oxygen atoms in total. The first-order valence-electron chi connectivity index (χ1n) is 8.18. The summed E-state index contributed by atoms with van der Waals surface area (Å²) in [6.45, 7) is 5.50. The fourth-order valence-electron chi connectivity index (χ4n) is 2.58. The van der Waals surface area contributed by atoms with Crippen LogP contribution >= 0.6 is 0 Å². The number of pyridine rings is 1. The summed E-state index contributed by atoms with van der Waals surface area (Å²) in [6.07, 6.45) is 1.46. The molecule has 0 bridgehead atoms. The Balaban J connectivity index is 2.21. The Morgan fingerprint density at radius 3 is 2.68 bits per heavy atom. The van der Waals surface area contributed by atoms with Gasteiger partial charge in [-0.3, -0.25) is 4.98 Å². The van der Waals surface area contributed by atoms with Gasteiger partial charge in [-0.25, -0.2) is 9.82 Å². The van der Waals surface area contributed by atoms with Crippen LogP contribution in [0.3, 0.4) is 0 Å². The van der Waals surface area contributed by atoms with Crippen molar-refractivity contribution in [2.24, 2.45) is 0 Å². The van der Waals surface area contributed by atoms with Crippen LogP contribution in [0.4, 0.5) is 4.39 Å². The highest BCUT2D eigenvalue weighted by molar-refractivity contribution is 6.54. The lowest BCUT2D eigenvalue weighted by Gasteiger charge is -2.13. The van der Waals surface area contributed by atoms with Gasteiger partial charge in [0, 0.05) is 41.2 Å². The zero-order valence-electron chi connectivity index (χ0n) is 14.6.